The summed E-state index contributed by atoms with van der Waals surface area (Å²) in [5, 5.41) is 13.0. The average molecular weight is 263 g/mol. The van der Waals surface area contributed by atoms with Crippen LogP contribution in [0.15, 0.2) is 22.9 Å². The van der Waals surface area contributed by atoms with Crippen LogP contribution in [-0.2, 0) is 0 Å². The molecule has 0 aliphatic heterocycles. The van der Waals surface area contributed by atoms with Gasteiger partial charge in [-0.2, -0.15) is 5.26 Å². The van der Waals surface area contributed by atoms with Crippen LogP contribution in [0, 0.1) is 17.2 Å². The molecule has 2 heterocycles. The number of nitrogens with zero attached hydrogens (tertiary/aromatic N) is 1. The first-order chi connectivity index (χ1) is 8.22. The van der Waals surface area contributed by atoms with Gasteiger partial charge < -0.3 is 4.74 Å². The largest absolute Gasteiger partial charge is 0.492 e. The van der Waals surface area contributed by atoms with Gasteiger partial charge in [0.2, 0.25) is 0 Å². The van der Waals surface area contributed by atoms with Crippen molar-refractivity contribution in [3.8, 4) is 21.6 Å². The van der Waals surface area contributed by atoms with E-state index in [4.69, 9.17) is 10.00 Å². The van der Waals surface area contributed by atoms with Crippen molar-refractivity contribution in [1.82, 2.24) is 0 Å². The first-order valence-corrected chi connectivity index (χ1v) is 7.16. The summed E-state index contributed by atoms with van der Waals surface area (Å²) in [7, 11) is 0. The molecule has 88 valence electrons. The minimum Gasteiger partial charge on any atom is -0.492 e. The molecule has 0 aliphatic rings. The summed E-state index contributed by atoms with van der Waals surface area (Å²) < 4.78 is 5.77. The molecule has 0 aliphatic carbocycles. The van der Waals surface area contributed by atoms with Gasteiger partial charge in [0.15, 0.2) is 0 Å². The van der Waals surface area contributed by atoms with E-state index in [1.807, 2.05) is 22.9 Å². The summed E-state index contributed by atoms with van der Waals surface area (Å²) in [4.78, 5) is 2.08. The topological polar surface area (TPSA) is 33.0 Å². The number of thiophene rings is 2. The molecule has 0 saturated carbocycles. The van der Waals surface area contributed by atoms with Gasteiger partial charge in [0.1, 0.15) is 11.8 Å². The summed E-state index contributed by atoms with van der Waals surface area (Å²) in [6, 6.07) is 6.05. The normalized spacial score (nSPS) is 10.5. The van der Waals surface area contributed by atoms with Gasteiger partial charge in [-0.1, -0.05) is 13.8 Å². The van der Waals surface area contributed by atoms with Crippen LogP contribution in [0.3, 0.4) is 0 Å². The van der Waals surface area contributed by atoms with Crippen LogP contribution in [0.5, 0.6) is 5.75 Å². The lowest BCUT2D eigenvalue weighted by Crippen LogP contribution is -2.04. The van der Waals surface area contributed by atoms with Gasteiger partial charge in [0, 0.05) is 0 Å². The monoisotopic (exact) mass is 263 g/mol. The van der Waals surface area contributed by atoms with Gasteiger partial charge in [-0.3, -0.25) is 0 Å². The molecule has 0 bridgehead atoms. The second-order valence-corrected chi connectivity index (χ2v) is 5.93. The Balaban J connectivity index is 2.28. The maximum atomic E-state index is 9.04. The van der Waals surface area contributed by atoms with Crippen molar-refractivity contribution in [2.24, 2.45) is 5.92 Å². The van der Waals surface area contributed by atoms with E-state index in [0.717, 1.165) is 21.1 Å². The SMILES string of the molecule is CC(C)COc1ccsc1-c1sccc1C#N. The van der Waals surface area contributed by atoms with E-state index in [-0.39, 0.29) is 0 Å². The fourth-order valence-electron chi connectivity index (χ4n) is 1.41. The molecule has 0 saturated heterocycles. The predicted molar refractivity (Wildman–Crippen MR) is 72.7 cm³/mol. The van der Waals surface area contributed by atoms with Crippen LogP contribution >= 0.6 is 22.7 Å². The second-order valence-electron chi connectivity index (χ2n) is 4.09. The van der Waals surface area contributed by atoms with E-state index in [2.05, 4.69) is 19.9 Å². The van der Waals surface area contributed by atoms with Crippen LogP contribution in [0.1, 0.15) is 19.4 Å². The Bertz CT molecular complexity index is 534. The third-order valence-electron chi connectivity index (χ3n) is 2.19. The van der Waals surface area contributed by atoms with Gasteiger partial charge in [-0.15, -0.1) is 22.7 Å². The number of hydrogen-bond donors (Lipinski definition) is 0. The van der Waals surface area contributed by atoms with Crippen molar-refractivity contribution >= 4 is 22.7 Å². The van der Waals surface area contributed by atoms with E-state index < -0.39 is 0 Å². The van der Waals surface area contributed by atoms with Crippen molar-refractivity contribution in [2.45, 2.75) is 13.8 Å². The van der Waals surface area contributed by atoms with Crippen LogP contribution in [0.2, 0.25) is 0 Å². The summed E-state index contributed by atoms with van der Waals surface area (Å²) >= 11 is 3.21. The van der Waals surface area contributed by atoms with Crippen LogP contribution in [0.4, 0.5) is 0 Å². The molecule has 4 heteroatoms. The Morgan fingerprint density at radius 1 is 1.24 bits per heavy atom. The molecular formula is C13H13NOS2. The fraction of sp³-hybridized carbons (Fsp3) is 0.308. The molecule has 17 heavy (non-hydrogen) atoms. The van der Waals surface area contributed by atoms with Crippen molar-refractivity contribution in [2.75, 3.05) is 6.61 Å². The summed E-state index contributed by atoms with van der Waals surface area (Å²) in [5.41, 5.74) is 0.729. The Labute approximate surface area is 109 Å². The van der Waals surface area contributed by atoms with Gasteiger partial charge >= 0.3 is 0 Å². The zero-order valence-corrected chi connectivity index (χ0v) is 11.4. The molecule has 0 amide bonds. The first-order valence-electron chi connectivity index (χ1n) is 5.40. The number of rotatable bonds is 4. The predicted octanol–water partition coefficient (Wildman–Crippen LogP) is 4.38. The zero-order chi connectivity index (χ0) is 12.3. The van der Waals surface area contributed by atoms with Gasteiger partial charge in [0.25, 0.3) is 0 Å². The molecule has 0 spiro atoms. The highest BCUT2D eigenvalue weighted by molar-refractivity contribution is 7.20. The molecule has 2 aromatic rings. The van der Waals surface area contributed by atoms with E-state index in [0.29, 0.717) is 12.5 Å². The fourth-order valence-corrected chi connectivity index (χ4v) is 3.27. The molecule has 0 unspecified atom stereocenters. The van der Waals surface area contributed by atoms with Gasteiger partial charge in [-0.25, -0.2) is 0 Å². The van der Waals surface area contributed by atoms with E-state index in [9.17, 15) is 0 Å². The number of ether oxygens (including phenoxy) is 1. The maximum Gasteiger partial charge on any atom is 0.138 e. The molecule has 2 nitrogen and oxygen atoms in total. The lowest BCUT2D eigenvalue weighted by atomic mass is 10.2. The van der Waals surface area contributed by atoms with Crippen molar-refractivity contribution in [3.05, 3.63) is 28.5 Å². The summed E-state index contributed by atoms with van der Waals surface area (Å²) in [6.45, 7) is 4.95. The Morgan fingerprint density at radius 2 is 1.94 bits per heavy atom. The molecule has 0 atom stereocenters. The molecule has 0 N–H and O–H groups in total. The minimum atomic E-state index is 0.501. The van der Waals surface area contributed by atoms with Crippen LogP contribution in [-0.4, -0.2) is 6.61 Å². The summed E-state index contributed by atoms with van der Waals surface area (Å²) in [6.07, 6.45) is 0. The first kappa shape index (κ1) is 12.2. The Kier molecular flexibility index (Phi) is 3.82. The molecular weight excluding hydrogens is 250 g/mol. The quantitative estimate of drug-likeness (QED) is 0.820. The standard InChI is InChI=1S/C13H13NOS2/c1-9(2)8-15-11-4-6-17-13(11)12-10(7-14)3-5-16-12/h3-6,9H,8H2,1-2H3. The second kappa shape index (κ2) is 5.35. The lowest BCUT2D eigenvalue weighted by Gasteiger charge is -2.08. The highest BCUT2D eigenvalue weighted by Gasteiger charge is 2.14. The average Bonchev–Trinajstić information content (AvgIpc) is 2.93. The van der Waals surface area contributed by atoms with Crippen molar-refractivity contribution < 1.29 is 4.74 Å². The molecule has 0 radical (unpaired) electrons. The van der Waals surface area contributed by atoms with Crippen LogP contribution < -0.4 is 4.74 Å². The van der Waals surface area contributed by atoms with E-state index >= 15 is 0 Å². The zero-order valence-electron chi connectivity index (χ0n) is 9.77. The third-order valence-corrected chi connectivity index (χ3v) is 4.17. The third kappa shape index (κ3) is 2.68. The summed E-state index contributed by atoms with van der Waals surface area (Å²) in [5.74, 6) is 1.39. The maximum absolute atomic E-state index is 9.04. The van der Waals surface area contributed by atoms with E-state index in [1.165, 1.54) is 0 Å². The highest BCUT2D eigenvalue weighted by Crippen LogP contribution is 2.40. The smallest absolute Gasteiger partial charge is 0.138 e. The van der Waals surface area contributed by atoms with Crippen molar-refractivity contribution in [3.63, 3.8) is 0 Å². The highest BCUT2D eigenvalue weighted by atomic mass is 32.1. The molecule has 0 aromatic carbocycles. The Morgan fingerprint density at radius 3 is 2.65 bits per heavy atom. The van der Waals surface area contributed by atoms with Gasteiger partial charge in [-0.05, 0) is 28.8 Å². The minimum absolute atomic E-state index is 0.501. The van der Waals surface area contributed by atoms with Gasteiger partial charge in [0.05, 0.1) is 21.9 Å². The molecule has 2 aromatic heterocycles. The number of nitriles is 1. The number of hydrogen-bond acceptors (Lipinski definition) is 4. The van der Waals surface area contributed by atoms with Crippen molar-refractivity contribution in [1.29, 1.82) is 5.26 Å². The molecule has 2 rings (SSSR count). The van der Waals surface area contributed by atoms with E-state index in [1.54, 1.807) is 22.7 Å². The lowest BCUT2D eigenvalue weighted by molar-refractivity contribution is 0.273. The Hall–Kier alpha value is -1.31. The van der Waals surface area contributed by atoms with Crippen LogP contribution in [0.25, 0.3) is 9.75 Å². The molecule has 0 fully saturated rings.